The standard InChI is InChI=1S/C23H21N3OS/c1-15(26-12-11-16-7-5-6-10-18(16)13-26)21-24-22(27)20-19(14-28-23(20)25-21)17-8-3-2-4-9-17/h2-10,14-15H,11-13H2,1H3,(H,24,25,27)/t15-/m1/s1. The first-order valence-corrected chi connectivity index (χ1v) is 10.5. The summed E-state index contributed by atoms with van der Waals surface area (Å²) in [4.78, 5) is 24.0. The van der Waals surface area contributed by atoms with Crippen molar-refractivity contribution < 1.29 is 0 Å². The van der Waals surface area contributed by atoms with Crippen LogP contribution >= 0.6 is 11.3 Å². The fourth-order valence-corrected chi connectivity index (χ4v) is 4.97. The minimum absolute atomic E-state index is 0.0515. The average molecular weight is 388 g/mol. The second kappa shape index (κ2) is 7.00. The number of thiophene rings is 1. The van der Waals surface area contributed by atoms with E-state index in [1.807, 2.05) is 35.7 Å². The van der Waals surface area contributed by atoms with E-state index in [4.69, 9.17) is 4.98 Å². The molecule has 1 atom stereocenters. The van der Waals surface area contributed by atoms with E-state index < -0.39 is 0 Å². The molecular weight excluding hydrogens is 366 g/mol. The molecule has 0 fully saturated rings. The molecule has 4 aromatic rings. The van der Waals surface area contributed by atoms with E-state index in [0.717, 1.165) is 41.3 Å². The van der Waals surface area contributed by atoms with E-state index in [2.05, 4.69) is 41.1 Å². The second-order valence-corrected chi connectivity index (χ2v) is 8.17. The molecule has 1 aliphatic rings. The number of aromatic amines is 1. The van der Waals surface area contributed by atoms with E-state index in [1.54, 1.807) is 11.3 Å². The van der Waals surface area contributed by atoms with Gasteiger partial charge in [0, 0.05) is 24.0 Å². The van der Waals surface area contributed by atoms with Crippen LogP contribution in [0.4, 0.5) is 0 Å². The van der Waals surface area contributed by atoms with Crippen molar-refractivity contribution in [1.82, 2.24) is 14.9 Å². The molecule has 3 heterocycles. The predicted molar refractivity (Wildman–Crippen MR) is 115 cm³/mol. The molecule has 0 amide bonds. The number of fused-ring (bicyclic) bond motifs is 2. The molecule has 0 radical (unpaired) electrons. The number of hydrogen-bond acceptors (Lipinski definition) is 4. The summed E-state index contributed by atoms with van der Waals surface area (Å²) in [6.45, 7) is 3.99. The minimum Gasteiger partial charge on any atom is -0.309 e. The molecule has 0 saturated carbocycles. The monoisotopic (exact) mass is 387 g/mol. The van der Waals surface area contributed by atoms with Crippen molar-refractivity contribution >= 4 is 21.6 Å². The lowest BCUT2D eigenvalue weighted by molar-refractivity contribution is 0.185. The highest BCUT2D eigenvalue weighted by molar-refractivity contribution is 7.17. The van der Waals surface area contributed by atoms with Gasteiger partial charge in [-0.1, -0.05) is 54.6 Å². The topological polar surface area (TPSA) is 49.0 Å². The van der Waals surface area contributed by atoms with Crippen LogP contribution in [-0.4, -0.2) is 21.4 Å². The first-order chi connectivity index (χ1) is 13.7. The quantitative estimate of drug-likeness (QED) is 0.551. The van der Waals surface area contributed by atoms with Gasteiger partial charge in [-0.3, -0.25) is 9.69 Å². The number of benzene rings is 2. The molecule has 2 aromatic heterocycles. The van der Waals surface area contributed by atoms with Crippen LogP contribution in [0.15, 0.2) is 64.8 Å². The Morgan fingerprint density at radius 1 is 1.07 bits per heavy atom. The summed E-state index contributed by atoms with van der Waals surface area (Å²) in [5.74, 6) is 0.748. The van der Waals surface area contributed by atoms with Gasteiger partial charge in [-0.15, -0.1) is 11.3 Å². The third-order valence-corrected chi connectivity index (χ3v) is 6.52. The van der Waals surface area contributed by atoms with Crippen molar-refractivity contribution in [2.45, 2.75) is 25.9 Å². The molecule has 1 N–H and O–H groups in total. The van der Waals surface area contributed by atoms with Gasteiger partial charge in [0.05, 0.1) is 11.4 Å². The molecule has 4 nitrogen and oxygen atoms in total. The first kappa shape index (κ1) is 17.3. The van der Waals surface area contributed by atoms with Crippen LogP contribution in [-0.2, 0) is 13.0 Å². The Hall–Kier alpha value is -2.76. The van der Waals surface area contributed by atoms with Crippen LogP contribution in [0.25, 0.3) is 21.3 Å². The fourth-order valence-electron chi connectivity index (χ4n) is 4.01. The molecule has 0 bridgehead atoms. The summed E-state index contributed by atoms with van der Waals surface area (Å²) in [5.41, 5.74) is 4.75. The van der Waals surface area contributed by atoms with Gasteiger partial charge in [0.1, 0.15) is 10.7 Å². The van der Waals surface area contributed by atoms with Gasteiger partial charge in [0.2, 0.25) is 0 Å². The van der Waals surface area contributed by atoms with Crippen molar-refractivity contribution in [3.05, 3.63) is 87.3 Å². The molecule has 5 heteroatoms. The summed E-state index contributed by atoms with van der Waals surface area (Å²) >= 11 is 1.54. The van der Waals surface area contributed by atoms with Gasteiger partial charge >= 0.3 is 0 Å². The van der Waals surface area contributed by atoms with Crippen molar-refractivity contribution in [2.24, 2.45) is 0 Å². The number of nitrogens with zero attached hydrogens (tertiary/aromatic N) is 2. The second-order valence-electron chi connectivity index (χ2n) is 7.31. The maximum absolute atomic E-state index is 12.9. The smallest absolute Gasteiger partial charge is 0.260 e. The zero-order chi connectivity index (χ0) is 19.1. The number of rotatable bonds is 3. The zero-order valence-corrected chi connectivity index (χ0v) is 16.5. The highest BCUT2D eigenvalue weighted by Crippen LogP contribution is 2.32. The Morgan fingerprint density at radius 3 is 2.64 bits per heavy atom. The zero-order valence-electron chi connectivity index (χ0n) is 15.7. The van der Waals surface area contributed by atoms with E-state index in [1.165, 1.54) is 11.1 Å². The molecule has 0 aliphatic carbocycles. The van der Waals surface area contributed by atoms with Gasteiger partial charge in [-0.25, -0.2) is 4.98 Å². The first-order valence-electron chi connectivity index (χ1n) is 9.58. The fraction of sp³-hybridized carbons (Fsp3) is 0.217. The van der Waals surface area contributed by atoms with Crippen LogP contribution in [0.3, 0.4) is 0 Å². The van der Waals surface area contributed by atoms with Crippen LogP contribution < -0.4 is 5.56 Å². The lowest BCUT2D eigenvalue weighted by Crippen LogP contribution is -2.34. The molecule has 28 heavy (non-hydrogen) atoms. The molecule has 5 rings (SSSR count). The third-order valence-electron chi connectivity index (χ3n) is 5.65. The van der Waals surface area contributed by atoms with Crippen LogP contribution in [0, 0.1) is 0 Å². The predicted octanol–water partition coefficient (Wildman–Crippen LogP) is 4.77. The summed E-state index contributed by atoms with van der Waals surface area (Å²) in [6, 6.07) is 18.7. The Morgan fingerprint density at radius 2 is 1.82 bits per heavy atom. The summed E-state index contributed by atoms with van der Waals surface area (Å²) in [7, 11) is 0. The van der Waals surface area contributed by atoms with Crippen molar-refractivity contribution in [3.8, 4) is 11.1 Å². The average Bonchev–Trinajstić information content (AvgIpc) is 3.18. The van der Waals surface area contributed by atoms with Crippen LogP contribution in [0.5, 0.6) is 0 Å². The van der Waals surface area contributed by atoms with E-state index >= 15 is 0 Å². The summed E-state index contributed by atoms with van der Waals surface area (Å²) in [6.07, 6.45) is 1.03. The molecular formula is C23H21N3OS. The summed E-state index contributed by atoms with van der Waals surface area (Å²) in [5, 5.41) is 2.73. The highest BCUT2D eigenvalue weighted by atomic mass is 32.1. The minimum atomic E-state index is -0.0515. The SMILES string of the molecule is C[C@H](c1nc2scc(-c3ccccc3)c2c(=O)[nH]1)N1CCc2ccccc2C1. The molecule has 140 valence electrons. The number of H-pyrrole nitrogens is 1. The largest absolute Gasteiger partial charge is 0.309 e. The number of nitrogens with one attached hydrogen (secondary N) is 1. The van der Waals surface area contributed by atoms with Gasteiger partial charge in [-0.2, -0.15) is 0 Å². The normalized spacial score (nSPS) is 15.5. The Kier molecular flexibility index (Phi) is 4.34. The van der Waals surface area contributed by atoms with Gasteiger partial charge < -0.3 is 4.98 Å². The number of hydrogen-bond donors (Lipinski definition) is 1. The van der Waals surface area contributed by atoms with Crippen molar-refractivity contribution in [2.75, 3.05) is 6.54 Å². The Labute approximate surface area is 167 Å². The molecule has 1 aliphatic heterocycles. The van der Waals surface area contributed by atoms with E-state index in [-0.39, 0.29) is 11.6 Å². The maximum Gasteiger partial charge on any atom is 0.260 e. The van der Waals surface area contributed by atoms with Crippen LogP contribution in [0.1, 0.15) is 29.9 Å². The maximum atomic E-state index is 12.9. The van der Waals surface area contributed by atoms with Gasteiger partial charge in [0.25, 0.3) is 5.56 Å². The highest BCUT2D eigenvalue weighted by Gasteiger charge is 2.24. The Balaban J connectivity index is 1.50. The number of aromatic nitrogens is 2. The third kappa shape index (κ3) is 2.97. The molecule has 0 spiro atoms. The van der Waals surface area contributed by atoms with E-state index in [0.29, 0.717) is 5.39 Å². The molecule has 0 saturated heterocycles. The molecule has 0 unspecified atom stereocenters. The Bertz CT molecular complexity index is 1200. The van der Waals surface area contributed by atoms with Gasteiger partial charge in [-0.05, 0) is 30.0 Å². The summed E-state index contributed by atoms with van der Waals surface area (Å²) < 4.78 is 0. The van der Waals surface area contributed by atoms with Crippen molar-refractivity contribution in [1.29, 1.82) is 0 Å². The lowest BCUT2D eigenvalue weighted by atomic mass is 9.99. The lowest BCUT2D eigenvalue weighted by Gasteiger charge is -2.33. The molecule has 2 aromatic carbocycles. The van der Waals surface area contributed by atoms with Gasteiger partial charge in [0.15, 0.2) is 0 Å². The van der Waals surface area contributed by atoms with Crippen molar-refractivity contribution in [3.63, 3.8) is 0 Å². The van der Waals surface area contributed by atoms with E-state index in [9.17, 15) is 4.79 Å². The van der Waals surface area contributed by atoms with Crippen LogP contribution in [0.2, 0.25) is 0 Å².